The quantitative estimate of drug-likeness (QED) is 0.264. The van der Waals surface area contributed by atoms with Gasteiger partial charge in [0.1, 0.15) is 0 Å². The third kappa shape index (κ3) is 2.86. The van der Waals surface area contributed by atoms with Gasteiger partial charge in [-0.05, 0) is 69.1 Å². The molecule has 0 atom stereocenters. The van der Waals surface area contributed by atoms with Gasteiger partial charge in [0, 0.05) is 16.5 Å². The smallest absolute Gasteiger partial charge is 0.0547 e. The Morgan fingerprint density at radius 1 is 0.364 bits per heavy atom. The van der Waals surface area contributed by atoms with Crippen molar-refractivity contribution >= 4 is 43.4 Å². The number of benzene rings is 6. The summed E-state index contributed by atoms with van der Waals surface area (Å²) in [4.78, 5) is 0. The van der Waals surface area contributed by atoms with Gasteiger partial charge in [-0.25, -0.2) is 0 Å². The van der Waals surface area contributed by atoms with Gasteiger partial charge in [0.15, 0.2) is 0 Å². The molecule has 0 fully saturated rings. The number of nitrogens with zero attached hydrogens (tertiary/aromatic N) is 1. The molecule has 7 rings (SSSR count). The van der Waals surface area contributed by atoms with Crippen molar-refractivity contribution in [2.75, 3.05) is 0 Å². The molecule has 1 heterocycles. The van der Waals surface area contributed by atoms with Crippen LogP contribution in [0.3, 0.4) is 0 Å². The van der Waals surface area contributed by atoms with Crippen LogP contribution >= 0.6 is 0 Å². The van der Waals surface area contributed by atoms with E-state index in [1.807, 2.05) is 0 Å². The Bertz CT molecular complexity index is 1700. The lowest BCUT2D eigenvalue weighted by molar-refractivity contribution is 1.18. The molecule has 0 aliphatic heterocycles. The molecule has 0 unspecified atom stereocenters. The van der Waals surface area contributed by atoms with E-state index in [1.165, 1.54) is 60.2 Å². The fourth-order valence-corrected chi connectivity index (χ4v) is 5.10. The van der Waals surface area contributed by atoms with Gasteiger partial charge in [0.05, 0.1) is 11.0 Å². The average molecular weight is 420 g/mol. The maximum absolute atomic E-state index is 2.42. The standard InChI is InChI=1S/C32H21N/c1-2-8-22(9-3-1)23-14-16-28(17-15-23)33-31-20-26-12-6-4-10-24(26)18-29(31)30-19-25-11-5-7-13-27(25)21-32(30)33/h1-21H. The number of hydrogen-bond acceptors (Lipinski definition) is 0. The van der Waals surface area contributed by atoms with Gasteiger partial charge in [-0.15, -0.1) is 0 Å². The largest absolute Gasteiger partial charge is 0.309 e. The zero-order chi connectivity index (χ0) is 21.8. The van der Waals surface area contributed by atoms with Crippen molar-refractivity contribution in [2.24, 2.45) is 0 Å². The lowest BCUT2D eigenvalue weighted by Gasteiger charge is -2.10. The Kier molecular flexibility index (Phi) is 3.91. The first-order valence-corrected chi connectivity index (χ1v) is 11.4. The van der Waals surface area contributed by atoms with E-state index in [0.717, 1.165) is 0 Å². The highest BCUT2D eigenvalue weighted by atomic mass is 15.0. The fraction of sp³-hybridized carbons (Fsp3) is 0. The Morgan fingerprint density at radius 3 is 1.30 bits per heavy atom. The molecule has 7 aromatic rings. The second-order valence-corrected chi connectivity index (χ2v) is 8.68. The van der Waals surface area contributed by atoms with E-state index in [9.17, 15) is 0 Å². The number of rotatable bonds is 2. The van der Waals surface area contributed by atoms with Crippen LogP contribution in [0.1, 0.15) is 0 Å². The summed E-state index contributed by atoms with van der Waals surface area (Å²) in [5, 5.41) is 7.66. The van der Waals surface area contributed by atoms with E-state index in [0.29, 0.717) is 0 Å². The predicted molar refractivity (Wildman–Crippen MR) is 141 cm³/mol. The van der Waals surface area contributed by atoms with E-state index in [-0.39, 0.29) is 0 Å². The van der Waals surface area contributed by atoms with Crippen LogP contribution in [0.5, 0.6) is 0 Å². The molecule has 6 aromatic carbocycles. The molecule has 0 saturated heterocycles. The van der Waals surface area contributed by atoms with E-state index >= 15 is 0 Å². The van der Waals surface area contributed by atoms with Gasteiger partial charge >= 0.3 is 0 Å². The zero-order valence-corrected chi connectivity index (χ0v) is 18.1. The lowest BCUT2D eigenvalue weighted by Crippen LogP contribution is -1.94. The summed E-state index contributed by atoms with van der Waals surface area (Å²) in [5.74, 6) is 0. The maximum atomic E-state index is 2.42. The fourth-order valence-electron chi connectivity index (χ4n) is 5.10. The van der Waals surface area contributed by atoms with Crippen LogP contribution in [-0.4, -0.2) is 4.57 Å². The van der Waals surface area contributed by atoms with Gasteiger partial charge in [0.25, 0.3) is 0 Å². The Hall–Kier alpha value is -4.36. The van der Waals surface area contributed by atoms with Gasteiger partial charge in [0.2, 0.25) is 0 Å². The first kappa shape index (κ1) is 18.2. The molecule has 1 nitrogen and oxygen atoms in total. The zero-order valence-electron chi connectivity index (χ0n) is 18.1. The van der Waals surface area contributed by atoms with Crippen LogP contribution in [0.4, 0.5) is 0 Å². The third-order valence-corrected chi connectivity index (χ3v) is 6.73. The van der Waals surface area contributed by atoms with Crippen LogP contribution in [0.2, 0.25) is 0 Å². The number of aromatic nitrogens is 1. The highest BCUT2D eigenvalue weighted by Crippen LogP contribution is 2.37. The maximum Gasteiger partial charge on any atom is 0.0547 e. The predicted octanol–water partition coefficient (Wildman–Crippen LogP) is 8.76. The van der Waals surface area contributed by atoms with E-state index < -0.39 is 0 Å². The molecule has 0 radical (unpaired) electrons. The minimum atomic E-state index is 1.18. The molecule has 0 spiro atoms. The Balaban J connectivity index is 1.55. The number of hydrogen-bond donors (Lipinski definition) is 0. The van der Waals surface area contributed by atoms with Crippen molar-refractivity contribution in [1.82, 2.24) is 4.57 Å². The van der Waals surface area contributed by atoms with Crippen LogP contribution < -0.4 is 0 Å². The molecule has 0 aliphatic rings. The molecule has 154 valence electrons. The summed E-state index contributed by atoms with van der Waals surface area (Å²) >= 11 is 0. The summed E-state index contributed by atoms with van der Waals surface area (Å²) in [6.45, 7) is 0. The Labute approximate surface area is 192 Å². The van der Waals surface area contributed by atoms with Gasteiger partial charge in [-0.3, -0.25) is 0 Å². The molecule has 0 N–H and O–H groups in total. The van der Waals surface area contributed by atoms with Gasteiger partial charge in [-0.1, -0.05) is 91.0 Å². The molecular formula is C32H21N. The van der Waals surface area contributed by atoms with Crippen LogP contribution in [-0.2, 0) is 0 Å². The van der Waals surface area contributed by atoms with E-state index in [4.69, 9.17) is 0 Å². The lowest BCUT2D eigenvalue weighted by atomic mass is 10.0. The van der Waals surface area contributed by atoms with E-state index in [1.54, 1.807) is 0 Å². The second-order valence-electron chi connectivity index (χ2n) is 8.68. The van der Waals surface area contributed by atoms with Crippen molar-refractivity contribution in [3.63, 3.8) is 0 Å². The third-order valence-electron chi connectivity index (χ3n) is 6.73. The second kappa shape index (κ2) is 7.08. The van der Waals surface area contributed by atoms with Crippen molar-refractivity contribution in [3.8, 4) is 16.8 Å². The molecule has 0 amide bonds. The minimum absolute atomic E-state index is 1.18. The summed E-state index contributed by atoms with van der Waals surface area (Å²) < 4.78 is 2.42. The summed E-state index contributed by atoms with van der Waals surface area (Å²) in [6.07, 6.45) is 0. The highest BCUT2D eigenvalue weighted by molar-refractivity contribution is 6.16. The average Bonchev–Trinajstić information content (AvgIpc) is 3.18. The first-order chi connectivity index (χ1) is 16.3. The minimum Gasteiger partial charge on any atom is -0.309 e. The first-order valence-electron chi connectivity index (χ1n) is 11.4. The molecule has 1 aromatic heterocycles. The molecule has 0 bridgehead atoms. The van der Waals surface area contributed by atoms with Crippen molar-refractivity contribution in [1.29, 1.82) is 0 Å². The van der Waals surface area contributed by atoms with Crippen molar-refractivity contribution < 1.29 is 0 Å². The molecule has 0 aliphatic carbocycles. The monoisotopic (exact) mass is 419 g/mol. The molecule has 0 saturated carbocycles. The molecular weight excluding hydrogens is 398 g/mol. The van der Waals surface area contributed by atoms with Crippen molar-refractivity contribution in [3.05, 3.63) is 127 Å². The van der Waals surface area contributed by atoms with Crippen LogP contribution in [0.15, 0.2) is 127 Å². The van der Waals surface area contributed by atoms with E-state index in [2.05, 4.69) is 132 Å². The Morgan fingerprint density at radius 2 is 0.788 bits per heavy atom. The van der Waals surface area contributed by atoms with Crippen LogP contribution in [0, 0.1) is 0 Å². The highest BCUT2D eigenvalue weighted by Gasteiger charge is 2.14. The summed E-state index contributed by atoms with van der Waals surface area (Å²) in [5.41, 5.74) is 6.14. The normalized spacial score (nSPS) is 11.6. The molecule has 1 heteroatoms. The van der Waals surface area contributed by atoms with Crippen molar-refractivity contribution in [2.45, 2.75) is 0 Å². The molecule has 33 heavy (non-hydrogen) atoms. The topological polar surface area (TPSA) is 4.93 Å². The number of fused-ring (bicyclic) bond motifs is 5. The van der Waals surface area contributed by atoms with Gasteiger partial charge < -0.3 is 4.57 Å². The van der Waals surface area contributed by atoms with Crippen LogP contribution in [0.25, 0.3) is 60.2 Å². The summed E-state index contributed by atoms with van der Waals surface area (Å²) in [6, 6.07) is 46.1. The SMILES string of the molecule is c1ccc(-c2ccc(-n3c4cc5ccccc5cc4c4cc5ccccc5cc43)cc2)cc1. The van der Waals surface area contributed by atoms with Gasteiger partial charge in [-0.2, -0.15) is 0 Å². The summed E-state index contributed by atoms with van der Waals surface area (Å²) in [7, 11) is 0.